The number of carbonyl (C=O) groups excluding carboxylic acids is 3. The van der Waals surface area contributed by atoms with Gasteiger partial charge in [0.1, 0.15) is 5.75 Å². The lowest BCUT2D eigenvalue weighted by Crippen LogP contribution is -2.48. The van der Waals surface area contributed by atoms with Gasteiger partial charge in [0.2, 0.25) is 5.91 Å². The smallest absolute Gasteiger partial charge is 0.417 e. The van der Waals surface area contributed by atoms with E-state index in [-0.39, 0.29) is 24.5 Å². The van der Waals surface area contributed by atoms with Gasteiger partial charge in [0, 0.05) is 30.0 Å². The Hall–Kier alpha value is -2.09. The zero-order valence-electron chi connectivity index (χ0n) is 14.6. The van der Waals surface area contributed by atoms with Gasteiger partial charge in [-0.3, -0.25) is 9.59 Å². The van der Waals surface area contributed by atoms with E-state index in [4.69, 9.17) is 9.47 Å². The highest BCUT2D eigenvalue weighted by molar-refractivity contribution is 9.10. The molecule has 2 fully saturated rings. The Morgan fingerprint density at radius 2 is 2.04 bits per heavy atom. The van der Waals surface area contributed by atoms with Crippen molar-refractivity contribution in [3.63, 3.8) is 0 Å². The van der Waals surface area contributed by atoms with Gasteiger partial charge in [-0.1, -0.05) is 15.9 Å². The number of likely N-dealkylation sites (tertiary alicyclic amines) is 1. The third-order valence-corrected chi connectivity index (χ3v) is 5.31. The molecule has 0 unspecified atom stereocenters. The van der Waals surface area contributed by atoms with Crippen LogP contribution in [0.2, 0.25) is 0 Å². The lowest BCUT2D eigenvalue weighted by atomic mass is 10.0. The molecule has 2 aliphatic rings. The lowest BCUT2D eigenvalue weighted by molar-refractivity contribution is -0.133. The first-order valence-corrected chi connectivity index (χ1v) is 9.38. The fraction of sp³-hybridized carbons (Fsp3) is 0.500. The van der Waals surface area contributed by atoms with E-state index in [0.29, 0.717) is 38.8 Å². The van der Waals surface area contributed by atoms with Gasteiger partial charge < -0.3 is 14.4 Å². The molecule has 8 heteroatoms. The maximum atomic E-state index is 12.5. The number of aryl methyl sites for hydroxylation is 1. The predicted molar refractivity (Wildman–Crippen MR) is 96.8 cm³/mol. The van der Waals surface area contributed by atoms with Crippen LogP contribution in [0.5, 0.6) is 5.75 Å². The molecule has 0 saturated carbocycles. The Morgan fingerprint density at radius 1 is 1.31 bits per heavy atom. The van der Waals surface area contributed by atoms with E-state index in [1.807, 2.05) is 18.2 Å². The summed E-state index contributed by atoms with van der Waals surface area (Å²) in [6.07, 6.45) is 1.60. The van der Waals surface area contributed by atoms with E-state index >= 15 is 0 Å². The first-order chi connectivity index (χ1) is 12.5. The van der Waals surface area contributed by atoms with Gasteiger partial charge >= 0.3 is 6.09 Å². The Kier molecular flexibility index (Phi) is 5.80. The monoisotopic (exact) mass is 424 g/mol. The van der Waals surface area contributed by atoms with E-state index in [1.54, 1.807) is 12.0 Å². The number of cyclic esters (lactones) is 1. The summed E-state index contributed by atoms with van der Waals surface area (Å²) < 4.78 is 11.1. The molecule has 7 nitrogen and oxygen atoms in total. The molecule has 2 heterocycles. The van der Waals surface area contributed by atoms with Crippen molar-refractivity contribution >= 4 is 33.8 Å². The number of piperidine rings is 1. The maximum absolute atomic E-state index is 12.5. The molecule has 1 aromatic carbocycles. The van der Waals surface area contributed by atoms with Gasteiger partial charge in [-0.15, -0.1) is 0 Å². The maximum Gasteiger partial charge on any atom is 0.417 e. The summed E-state index contributed by atoms with van der Waals surface area (Å²) in [6, 6.07) is 5.57. The summed E-state index contributed by atoms with van der Waals surface area (Å²) in [5.74, 6) is 0.549. The topological polar surface area (TPSA) is 76.2 Å². The Balaban J connectivity index is 1.52. The fourth-order valence-corrected chi connectivity index (χ4v) is 3.84. The van der Waals surface area contributed by atoms with Crippen LogP contribution in [0, 0.1) is 0 Å². The van der Waals surface area contributed by atoms with E-state index in [0.717, 1.165) is 15.8 Å². The Morgan fingerprint density at radius 3 is 2.65 bits per heavy atom. The van der Waals surface area contributed by atoms with Crippen molar-refractivity contribution < 1.29 is 23.9 Å². The lowest BCUT2D eigenvalue weighted by Gasteiger charge is -2.34. The van der Waals surface area contributed by atoms with Crippen molar-refractivity contribution in [3.05, 3.63) is 28.2 Å². The summed E-state index contributed by atoms with van der Waals surface area (Å²) in [4.78, 5) is 38.9. The number of amides is 3. The van der Waals surface area contributed by atoms with E-state index in [1.165, 1.54) is 4.90 Å². The van der Waals surface area contributed by atoms with Crippen LogP contribution in [0.1, 0.15) is 24.8 Å². The van der Waals surface area contributed by atoms with Gasteiger partial charge in [-0.2, -0.15) is 0 Å². The number of carbonyl (C=O) groups is 3. The summed E-state index contributed by atoms with van der Waals surface area (Å²) in [7, 11) is 1.62. The molecular formula is C18H21BrN2O5. The number of ether oxygens (including phenoxy) is 2. The number of rotatable bonds is 5. The average Bonchev–Trinajstić information content (AvgIpc) is 2.98. The van der Waals surface area contributed by atoms with Crippen LogP contribution < -0.4 is 4.74 Å². The molecule has 0 radical (unpaired) electrons. The minimum atomic E-state index is -0.568. The molecule has 2 saturated heterocycles. The minimum Gasteiger partial charge on any atom is -0.496 e. The number of methoxy groups -OCH3 is 1. The molecule has 0 N–H and O–H groups in total. The van der Waals surface area contributed by atoms with Crippen molar-refractivity contribution in [2.75, 3.05) is 26.8 Å². The highest BCUT2D eigenvalue weighted by atomic mass is 79.9. The molecule has 3 amide bonds. The molecule has 0 spiro atoms. The third kappa shape index (κ3) is 4.00. The largest absolute Gasteiger partial charge is 0.496 e. The van der Waals surface area contributed by atoms with Gasteiger partial charge in [0.05, 0.1) is 7.11 Å². The average molecular weight is 425 g/mol. The first-order valence-electron chi connectivity index (χ1n) is 8.58. The minimum absolute atomic E-state index is 0.0702. The number of nitrogens with zero attached hydrogens (tertiary/aromatic N) is 2. The molecular weight excluding hydrogens is 404 g/mol. The first kappa shape index (κ1) is 18.7. The van der Waals surface area contributed by atoms with Gasteiger partial charge in [-0.25, -0.2) is 9.69 Å². The number of benzene rings is 1. The summed E-state index contributed by atoms with van der Waals surface area (Å²) in [5, 5.41) is 0. The molecule has 0 bridgehead atoms. The Labute approximate surface area is 160 Å². The van der Waals surface area contributed by atoms with Crippen LogP contribution in [-0.2, 0) is 20.7 Å². The van der Waals surface area contributed by atoms with Crippen molar-refractivity contribution in [1.29, 1.82) is 0 Å². The predicted octanol–water partition coefficient (Wildman–Crippen LogP) is 2.36. The summed E-state index contributed by atoms with van der Waals surface area (Å²) in [6.45, 7) is 0.902. The molecule has 140 valence electrons. The van der Waals surface area contributed by atoms with Crippen molar-refractivity contribution in [2.24, 2.45) is 0 Å². The molecule has 0 aromatic heterocycles. The second-order valence-corrected chi connectivity index (χ2v) is 7.30. The van der Waals surface area contributed by atoms with Crippen LogP contribution in [0.3, 0.4) is 0 Å². The molecule has 3 rings (SSSR count). The summed E-state index contributed by atoms with van der Waals surface area (Å²) >= 11 is 3.44. The van der Waals surface area contributed by atoms with Gasteiger partial charge in [0.15, 0.2) is 6.61 Å². The van der Waals surface area contributed by atoms with E-state index in [2.05, 4.69) is 15.9 Å². The molecule has 26 heavy (non-hydrogen) atoms. The zero-order chi connectivity index (χ0) is 18.7. The third-order valence-electron chi connectivity index (χ3n) is 4.82. The van der Waals surface area contributed by atoms with Crippen molar-refractivity contribution in [3.8, 4) is 5.75 Å². The summed E-state index contributed by atoms with van der Waals surface area (Å²) in [5.41, 5.74) is 0.982. The quantitative estimate of drug-likeness (QED) is 0.724. The van der Waals surface area contributed by atoms with Crippen LogP contribution in [0.25, 0.3) is 0 Å². The van der Waals surface area contributed by atoms with Gasteiger partial charge in [0.25, 0.3) is 5.91 Å². The fourth-order valence-electron chi connectivity index (χ4n) is 3.43. The van der Waals surface area contributed by atoms with Crippen LogP contribution in [-0.4, -0.2) is 60.6 Å². The van der Waals surface area contributed by atoms with Gasteiger partial charge in [-0.05, 0) is 43.0 Å². The van der Waals surface area contributed by atoms with E-state index < -0.39 is 6.09 Å². The highest BCUT2D eigenvalue weighted by Crippen LogP contribution is 2.25. The van der Waals surface area contributed by atoms with Crippen molar-refractivity contribution in [1.82, 2.24) is 9.80 Å². The number of imide groups is 1. The zero-order valence-corrected chi connectivity index (χ0v) is 16.2. The molecule has 2 aliphatic heterocycles. The van der Waals surface area contributed by atoms with E-state index in [9.17, 15) is 14.4 Å². The molecule has 0 aliphatic carbocycles. The van der Waals surface area contributed by atoms with Crippen LogP contribution >= 0.6 is 15.9 Å². The standard InChI is InChI=1S/C18H21BrN2O5/c1-25-15-4-3-13(19)10-12(15)2-5-16(22)20-8-6-14(7-9-20)21-17(23)11-26-18(21)24/h3-4,10,14H,2,5-9,11H2,1H3. The normalized spacial score (nSPS) is 18.2. The van der Waals surface area contributed by atoms with Crippen molar-refractivity contribution in [2.45, 2.75) is 31.7 Å². The Bertz CT molecular complexity index is 700. The number of halogens is 1. The second kappa shape index (κ2) is 8.07. The second-order valence-electron chi connectivity index (χ2n) is 6.39. The number of hydrogen-bond donors (Lipinski definition) is 0. The SMILES string of the molecule is COc1ccc(Br)cc1CCC(=O)N1CCC(N2C(=O)COC2=O)CC1. The highest BCUT2D eigenvalue weighted by Gasteiger charge is 2.38. The molecule has 0 atom stereocenters. The van der Waals surface area contributed by atoms with Crippen LogP contribution in [0.4, 0.5) is 4.79 Å². The molecule has 1 aromatic rings. The van der Waals surface area contributed by atoms with Crippen LogP contribution in [0.15, 0.2) is 22.7 Å². The number of hydrogen-bond acceptors (Lipinski definition) is 5.